The molecule has 26 heavy (non-hydrogen) atoms. The number of nitrogens with zero attached hydrogens (tertiary/aromatic N) is 3. The molecule has 3 rings (SSSR count). The minimum Gasteiger partial charge on any atom is -0.311 e. The summed E-state index contributed by atoms with van der Waals surface area (Å²) in [6, 6.07) is 8.63. The van der Waals surface area contributed by atoms with Gasteiger partial charge in [0.1, 0.15) is 11.5 Å². The number of pyridine rings is 2. The van der Waals surface area contributed by atoms with E-state index in [-0.39, 0.29) is 24.3 Å². The van der Waals surface area contributed by atoms with E-state index in [1.807, 2.05) is 6.07 Å². The summed E-state index contributed by atoms with van der Waals surface area (Å²) in [4.78, 5) is 39.7. The highest BCUT2D eigenvalue weighted by molar-refractivity contribution is 6.30. The number of hydrogen-bond acceptors (Lipinski definition) is 5. The lowest BCUT2D eigenvalue weighted by molar-refractivity contribution is -0.116. The molecule has 2 N–H and O–H groups in total. The highest BCUT2D eigenvalue weighted by Gasteiger charge is 2.12. The summed E-state index contributed by atoms with van der Waals surface area (Å²) in [5.41, 5.74) is 1.37. The monoisotopic (exact) mass is 369 g/mol. The number of carbonyl (C=O) groups is 1. The summed E-state index contributed by atoms with van der Waals surface area (Å²) < 4.78 is 0. The summed E-state index contributed by atoms with van der Waals surface area (Å²) >= 11 is 5.76. The molecule has 7 nitrogen and oxygen atoms in total. The lowest BCUT2D eigenvalue weighted by Gasteiger charge is -2.07. The van der Waals surface area contributed by atoms with Crippen molar-refractivity contribution in [1.82, 2.24) is 19.9 Å². The van der Waals surface area contributed by atoms with Crippen molar-refractivity contribution >= 4 is 23.3 Å². The van der Waals surface area contributed by atoms with Gasteiger partial charge in [0, 0.05) is 30.1 Å². The second kappa shape index (κ2) is 7.88. The van der Waals surface area contributed by atoms with Gasteiger partial charge in [-0.05, 0) is 37.6 Å². The van der Waals surface area contributed by atoms with Gasteiger partial charge in [-0.2, -0.15) is 0 Å². The molecule has 0 spiro atoms. The quantitative estimate of drug-likeness (QED) is 0.720. The van der Waals surface area contributed by atoms with E-state index in [2.05, 4.69) is 25.3 Å². The van der Waals surface area contributed by atoms with Crippen molar-refractivity contribution in [2.45, 2.75) is 19.8 Å². The van der Waals surface area contributed by atoms with Crippen LogP contribution in [0.25, 0.3) is 11.5 Å². The van der Waals surface area contributed by atoms with Crippen LogP contribution >= 0.6 is 11.6 Å². The van der Waals surface area contributed by atoms with E-state index in [1.165, 1.54) is 6.20 Å². The van der Waals surface area contributed by atoms with Crippen LogP contribution in [0.4, 0.5) is 5.82 Å². The number of aromatic amines is 1. The van der Waals surface area contributed by atoms with Gasteiger partial charge in [0.2, 0.25) is 5.91 Å². The van der Waals surface area contributed by atoms with E-state index in [1.54, 1.807) is 37.4 Å². The van der Waals surface area contributed by atoms with Gasteiger partial charge in [0.25, 0.3) is 5.56 Å². The highest BCUT2D eigenvalue weighted by Crippen LogP contribution is 2.13. The number of aryl methyl sites for hydroxylation is 1. The van der Waals surface area contributed by atoms with Gasteiger partial charge in [-0.25, -0.2) is 9.97 Å². The number of anilines is 1. The van der Waals surface area contributed by atoms with Crippen LogP contribution in [-0.4, -0.2) is 25.8 Å². The topological polar surface area (TPSA) is 101 Å². The summed E-state index contributed by atoms with van der Waals surface area (Å²) in [5, 5.41) is 3.15. The second-order valence-corrected chi connectivity index (χ2v) is 6.04. The van der Waals surface area contributed by atoms with Gasteiger partial charge in [-0.3, -0.25) is 14.6 Å². The van der Waals surface area contributed by atoms with Crippen molar-refractivity contribution < 1.29 is 4.79 Å². The molecule has 0 aliphatic heterocycles. The summed E-state index contributed by atoms with van der Waals surface area (Å²) in [6.07, 6.45) is 3.49. The number of hydrogen-bond donors (Lipinski definition) is 2. The molecular weight excluding hydrogens is 354 g/mol. The molecule has 132 valence electrons. The van der Waals surface area contributed by atoms with Crippen LogP contribution in [0.15, 0.2) is 47.5 Å². The molecular formula is C18H16ClN5O2. The molecule has 0 unspecified atom stereocenters. The predicted molar refractivity (Wildman–Crippen MR) is 99.0 cm³/mol. The van der Waals surface area contributed by atoms with Crippen LogP contribution in [0, 0.1) is 6.92 Å². The van der Waals surface area contributed by atoms with Gasteiger partial charge >= 0.3 is 0 Å². The fourth-order valence-electron chi connectivity index (χ4n) is 2.42. The summed E-state index contributed by atoms with van der Waals surface area (Å²) in [5.74, 6) is 0.577. The van der Waals surface area contributed by atoms with Gasteiger partial charge in [-0.15, -0.1) is 0 Å². The first-order valence-corrected chi connectivity index (χ1v) is 8.33. The fourth-order valence-corrected chi connectivity index (χ4v) is 2.53. The predicted octanol–water partition coefficient (Wildman–Crippen LogP) is 2.76. The summed E-state index contributed by atoms with van der Waals surface area (Å²) in [6.45, 7) is 1.75. The Morgan fingerprint density at radius 1 is 1.23 bits per heavy atom. The van der Waals surface area contributed by atoms with Crippen molar-refractivity contribution in [2.75, 3.05) is 5.32 Å². The molecule has 3 aromatic heterocycles. The zero-order chi connectivity index (χ0) is 18.5. The van der Waals surface area contributed by atoms with Gasteiger partial charge in [0.05, 0.1) is 5.02 Å². The molecule has 0 aromatic carbocycles. The SMILES string of the molecule is Cc1nc(-c2ccccn2)[nH]c(=O)c1CCC(=O)Nc1ccc(Cl)cn1. The molecule has 8 heteroatoms. The van der Waals surface area contributed by atoms with E-state index in [0.29, 0.717) is 33.6 Å². The van der Waals surface area contributed by atoms with E-state index >= 15 is 0 Å². The highest BCUT2D eigenvalue weighted by atomic mass is 35.5. The number of amides is 1. The molecule has 0 radical (unpaired) electrons. The minimum atomic E-state index is -0.268. The zero-order valence-corrected chi connectivity index (χ0v) is 14.7. The Bertz CT molecular complexity index is 971. The maximum atomic E-state index is 12.4. The normalized spacial score (nSPS) is 10.5. The number of halogens is 1. The lowest BCUT2D eigenvalue weighted by Crippen LogP contribution is -2.20. The molecule has 0 aliphatic carbocycles. The first-order chi connectivity index (χ1) is 12.5. The van der Waals surface area contributed by atoms with Gasteiger partial charge in [-0.1, -0.05) is 17.7 Å². The van der Waals surface area contributed by atoms with E-state index in [9.17, 15) is 9.59 Å². The smallest absolute Gasteiger partial charge is 0.254 e. The molecule has 0 atom stereocenters. The van der Waals surface area contributed by atoms with Crippen LogP contribution < -0.4 is 10.9 Å². The molecule has 1 amide bonds. The molecule has 0 saturated heterocycles. The largest absolute Gasteiger partial charge is 0.311 e. The van der Waals surface area contributed by atoms with Crippen LogP contribution in [0.5, 0.6) is 0 Å². The summed E-state index contributed by atoms with van der Waals surface area (Å²) in [7, 11) is 0. The van der Waals surface area contributed by atoms with E-state index in [4.69, 9.17) is 11.6 Å². The lowest BCUT2D eigenvalue weighted by atomic mass is 10.1. The number of rotatable bonds is 5. The van der Waals surface area contributed by atoms with Crippen LogP contribution in [0.1, 0.15) is 17.7 Å². The van der Waals surface area contributed by atoms with Crippen LogP contribution in [0.2, 0.25) is 5.02 Å². The third kappa shape index (κ3) is 4.31. The van der Waals surface area contributed by atoms with Crippen molar-refractivity contribution in [2.24, 2.45) is 0 Å². The Balaban J connectivity index is 1.69. The number of nitrogens with one attached hydrogen (secondary N) is 2. The molecule has 3 heterocycles. The van der Waals surface area contributed by atoms with Crippen LogP contribution in [-0.2, 0) is 11.2 Å². The average molecular weight is 370 g/mol. The Labute approximate surface area is 154 Å². The van der Waals surface area contributed by atoms with Crippen molar-refractivity contribution in [3.63, 3.8) is 0 Å². The maximum Gasteiger partial charge on any atom is 0.254 e. The maximum absolute atomic E-state index is 12.4. The third-order valence-electron chi connectivity index (χ3n) is 3.73. The average Bonchev–Trinajstić information content (AvgIpc) is 2.63. The standard InChI is InChI=1S/C18H16ClN5O2/c1-11-13(6-8-16(25)23-15-7-5-12(19)10-21-15)18(26)24-17(22-11)14-4-2-3-9-20-14/h2-5,7,9-10H,6,8H2,1H3,(H,21,23,25)(H,22,24,26). The molecule has 0 saturated carbocycles. The Morgan fingerprint density at radius 3 is 2.73 bits per heavy atom. The van der Waals surface area contributed by atoms with Crippen molar-refractivity contribution in [1.29, 1.82) is 0 Å². The van der Waals surface area contributed by atoms with E-state index < -0.39 is 0 Å². The number of aromatic nitrogens is 4. The van der Waals surface area contributed by atoms with E-state index in [0.717, 1.165) is 0 Å². The molecule has 0 aliphatic rings. The first-order valence-electron chi connectivity index (χ1n) is 7.95. The third-order valence-corrected chi connectivity index (χ3v) is 3.95. The zero-order valence-electron chi connectivity index (χ0n) is 14.0. The van der Waals surface area contributed by atoms with Gasteiger partial charge < -0.3 is 10.3 Å². The Morgan fingerprint density at radius 2 is 2.08 bits per heavy atom. The second-order valence-electron chi connectivity index (χ2n) is 5.60. The van der Waals surface area contributed by atoms with Crippen molar-refractivity contribution in [3.8, 4) is 11.5 Å². The molecule has 0 fully saturated rings. The minimum absolute atomic E-state index is 0.138. The fraction of sp³-hybridized carbons (Fsp3) is 0.167. The van der Waals surface area contributed by atoms with Crippen LogP contribution in [0.3, 0.4) is 0 Å². The number of carbonyl (C=O) groups excluding carboxylic acids is 1. The first kappa shape index (κ1) is 17.8. The Kier molecular flexibility index (Phi) is 5.38. The Hall–Kier alpha value is -3.06. The molecule has 3 aromatic rings. The molecule has 0 bridgehead atoms. The van der Waals surface area contributed by atoms with Crippen molar-refractivity contribution in [3.05, 3.63) is 69.4 Å². The number of H-pyrrole nitrogens is 1. The van der Waals surface area contributed by atoms with Gasteiger partial charge in [0.15, 0.2) is 5.82 Å².